The van der Waals surface area contributed by atoms with Crippen molar-refractivity contribution in [1.82, 2.24) is 19.7 Å². The van der Waals surface area contributed by atoms with Crippen molar-refractivity contribution >= 4 is 35.0 Å². The molecule has 3 N–H and O–H groups in total. The van der Waals surface area contributed by atoms with Crippen LogP contribution < -0.4 is 20.7 Å². The van der Waals surface area contributed by atoms with Crippen LogP contribution in [0.15, 0.2) is 66.9 Å². The first-order chi connectivity index (χ1) is 21.6. The molecule has 45 heavy (non-hydrogen) atoms. The normalized spacial score (nSPS) is 18.3. The van der Waals surface area contributed by atoms with Gasteiger partial charge in [-0.1, -0.05) is 18.2 Å². The Morgan fingerprint density at radius 1 is 1.00 bits per heavy atom. The van der Waals surface area contributed by atoms with Crippen LogP contribution in [0.2, 0.25) is 0 Å². The molecule has 3 fully saturated rings. The summed E-state index contributed by atoms with van der Waals surface area (Å²) >= 11 is 0. The van der Waals surface area contributed by atoms with E-state index in [1.54, 1.807) is 47.4 Å². The van der Waals surface area contributed by atoms with Crippen LogP contribution in [-0.4, -0.2) is 89.9 Å². The number of primary amides is 1. The summed E-state index contributed by atoms with van der Waals surface area (Å²) in [5.74, 6) is -1.15. The van der Waals surface area contributed by atoms with Gasteiger partial charge < -0.3 is 20.3 Å². The van der Waals surface area contributed by atoms with E-state index in [9.17, 15) is 14.4 Å². The van der Waals surface area contributed by atoms with Gasteiger partial charge in [-0.2, -0.15) is 0 Å². The number of nitrogens with two attached hydrogens (primary N) is 1. The number of nitrogens with zero attached hydrogens (tertiary/aromatic N) is 5. The maximum atomic E-state index is 15.6. The molecule has 3 aromatic rings. The minimum Gasteiger partial charge on any atom is -0.457 e. The molecular weight excluding hydrogens is 577 g/mol. The van der Waals surface area contributed by atoms with Crippen LogP contribution in [0.3, 0.4) is 0 Å². The van der Waals surface area contributed by atoms with E-state index in [1.807, 2.05) is 0 Å². The third-order valence-corrected chi connectivity index (χ3v) is 9.10. The van der Waals surface area contributed by atoms with Crippen LogP contribution >= 0.6 is 0 Å². The van der Waals surface area contributed by atoms with Gasteiger partial charge in [0.25, 0.3) is 0 Å². The van der Waals surface area contributed by atoms with Crippen molar-refractivity contribution in [2.45, 2.75) is 37.8 Å². The number of pyridine rings is 1. The molecule has 1 aromatic heterocycles. The highest BCUT2D eigenvalue weighted by Crippen LogP contribution is 2.49. The fraction of sp³-hybridized carbons (Fsp3) is 0.394. The highest BCUT2D eigenvalue weighted by atomic mass is 19.1. The van der Waals surface area contributed by atoms with E-state index in [0.717, 1.165) is 25.9 Å². The summed E-state index contributed by atoms with van der Waals surface area (Å²) in [5.41, 5.74) is 4.61. The number of nitrogens with one attached hydrogen (secondary N) is 1. The molecule has 12 heteroatoms. The summed E-state index contributed by atoms with van der Waals surface area (Å²) in [5, 5.41) is 2.85. The number of carbonyl (C=O) groups is 3. The van der Waals surface area contributed by atoms with Crippen LogP contribution in [0.4, 0.5) is 26.4 Å². The summed E-state index contributed by atoms with van der Waals surface area (Å²) in [7, 11) is 4.22. The van der Waals surface area contributed by atoms with E-state index >= 15 is 4.39 Å². The van der Waals surface area contributed by atoms with E-state index in [-0.39, 0.29) is 17.5 Å². The predicted octanol–water partition coefficient (Wildman–Crippen LogP) is 4.19. The number of benzene rings is 2. The van der Waals surface area contributed by atoms with Crippen molar-refractivity contribution in [2.24, 2.45) is 11.1 Å². The number of para-hydroxylation sites is 1. The van der Waals surface area contributed by atoms with Crippen LogP contribution in [0.25, 0.3) is 0 Å². The molecule has 0 atom stereocenters. The van der Waals surface area contributed by atoms with E-state index in [0.29, 0.717) is 55.3 Å². The van der Waals surface area contributed by atoms with Crippen molar-refractivity contribution in [2.75, 3.05) is 50.5 Å². The molecular formula is C33H38FN7O4. The fourth-order valence-electron chi connectivity index (χ4n) is 5.99. The molecule has 2 saturated heterocycles. The average molecular weight is 616 g/mol. The number of aromatic nitrogens is 1. The fourth-order valence-corrected chi connectivity index (χ4v) is 5.99. The van der Waals surface area contributed by atoms with Gasteiger partial charge in [-0.25, -0.2) is 14.2 Å². The number of urea groups is 1. The standard InChI is InChI=1S/C33H38FN7O4/c1-38(2)24-20-40(21-24)22-11-16-39(17-12-22)32(44)37-29-19-26(10-15-36-29)45-25-8-9-28(27(34)18-25)41(23-6-4-3-5-7-23)31(43)33(13-14-33)30(35)42/h3-10,15,18-19,22,24H,11-14,16-17,20-21H2,1-2H3,(H2,35,42)(H,36,37,44). The van der Waals surface area contributed by atoms with Crippen molar-refractivity contribution < 1.29 is 23.5 Å². The number of likely N-dealkylation sites (tertiary alicyclic amines) is 2. The van der Waals surface area contributed by atoms with Crippen LogP contribution in [0.5, 0.6) is 11.5 Å². The number of anilines is 3. The SMILES string of the molecule is CN(C)C1CN(C2CCN(C(=O)Nc3cc(Oc4ccc(N(C(=O)C5(C(N)=O)CC5)c5ccccc5)c(F)c4)ccn3)CC2)C1. The molecule has 0 radical (unpaired) electrons. The number of carbonyl (C=O) groups excluding carboxylic acids is 3. The zero-order valence-electron chi connectivity index (χ0n) is 25.5. The third kappa shape index (κ3) is 6.34. The molecule has 3 heterocycles. The lowest BCUT2D eigenvalue weighted by Gasteiger charge is -2.49. The lowest BCUT2D eigenvalue weighted by molar-refractivity contribution is -0.133. The van der Waals surface area contributed by atoms with Gasteiger partial charge in [0.1, 0.15) is 22.7 Å². The minimum atomic E-state index is -1.34. The molecule has 0 bridgehead atoms. The molecule has 1 saturated carbocycles. The van der Waals surface area contributed by atoms with Crippen LogP contribution in [-0.2, 0) is 9.59 Å². The lowest BCUT2D eigenvalue weighted by Crippen LogP contribution is -2.62. The Bertz CT molecular complexity index is 1570. The lowest BCUT2D eigenvalue weighted by atomic mass is 9.97. The number of amides is 4. The Hall–Kier alpha value is -4.55. The van der Waals surface area contributed by atoms with Crippen LogP contribution in [0.1, 0.15) is 25.7 Å². The van der Waals surface area contributed by atoms with Crippen LogP contribution in [0, 0.1) is 11.2 Å². The second-order valence-electron chi connectivity index (χ2n) is 12.2. The van der Waals surface area contributed by atoms with E-state index in [2.05, 4.69) is 34.2 Å². The molecule has 2 aromatic carbocycles. The van der Waals surface area contributed by atoms with Crippen molar-refractivity contribution in [1.29, 1.82) is 0 Å². The van der Waals surface area contributed by atoms with E-state index < -0.39 is 23.0 Å². The van der Waals surface area contributed by atoms with E-state index in [4.69, 9.17) is 10.5 Å². The molecule has 236 valence electrons. The quantitative estimate of drug-likeness (QED) is 0.346. The predicted molar refractivity (Wildman–Crippen MR) is 168 cm³/mol. The van der Waals surface area contributed by atoms with Gasteiger partial charge in [-0.05, 0) is 70.1 Å². The third-order valence-electron chi connectivity index (χ3n) is 9.10. The molecule has 1 aliphatic carbocycles. The van der Waals surface area contributed by atoms with Gasteiger partial charge in [0, 0.05) is 62.3 Å². The van der Waals surface area contributed by atoms with Gasteiger partial charge in [-0.3, -0.25) is 24.7 Å². The number of ether oxygens (including phenoxy) is 1. The monoisotopic (exact) mass is 615 g/mol. The Kier molecular flexibility index (Phi) is 8.43. The second kappa shape index (κ2) is 12.4. The average Bonchev–Trinajstić information content (AvgIpc) is 3.81. The summed E-state index contributed by atoms with van der Waals surface area (Å²) in [6.45, 7) is 3.49. The van der Waals surface area contributed by atoms with Gasteiger partial charge in [0.15, 0.2) is 5.82 Å². The first-order valence-electron chi connectivity index (χ1n) is 15.2. The largest absolute Gasteiger partial charge is 0.457 e. The van der Waals surface area contributed by atoms with Gasteiger partial charge >= 0.3 is 6.03 Å². The maximum absolute atomic E-state index is 15.6. The first-order valence-corrected chi connectivity index (χ1v) is 15.2. The molecule has 0 spiro atoms. The molecule has 6 rings (SSSR count). The number of rotatable bonds is 9. The zero-order valence-corrected chi connectivity index (χ0v) is 25.5. The van der Waals surface area contributed by atoms with Crippen molar-refractivity contribution in [3.63, 3.8) is 0 Å². The molecule has 2 aliphatic heterocycles. The highest BCUT2D eigenvalue weighted by Gasteiger charge is 2.57. The summed E-state index contributed by atoms with van der Waals surface area (Å²) in [4.78, 5) is 50.6. The molecule has 4 amide bonds. The summed E-state index contributed by atoms with van der Waals surface area (Å²) in [6, 6.07) is 16.8. The number of likely N-dealkylation sites (N-methyl/N-ethyl adjacent to an activating group) is 1. The number of piperidine rings is 1. The number of hydrogen-bond acceptors (Lipinski definition) is 7. The summed E-state index contributed by atoms with van der Waals surface area (Å²) in [6.07, 6.45) is 4.01. The molecule has 0 unspecified atom stereocenters. The highest BCUT2D eigenvalue weighted by molar-refractivity contribution is 6.16. The Labute approximate surface area is 261 Å². The van der Waals surface area contributed by atoms with Crippen molar-refractivity contribution in [3.8, 4) is 11.5 Å². The van der Waals surface area contributed by atoms with Gasteiger partial charge in [-0.15, -0.1) is 0 Å². The Morgan fingerprint density at radius 2 is 1.69 bits per heavy atom. The Morgan fingerprint density at radius 3 is 2.31 bits per heavy atom. The summed E-state index contributed by atoms with van der Waals surface area (Å²) < 4.78 is 21.5. The Balaban J connectivity index is 1.09. The molecule has 11 nitrogen and oxygen atoms in total. The second-order valence-corrected chi connectivity index (χ2v) is 12.2. The zero-order chi connectivity index (χ0) is 31.7. The topological polar surface area (TPSA) is 124 Å². The van der Waals surface area contributed by atoms with Gasteiger partial charge in [0.05, 0.1) is 5.69 Å². The first kappa shape index (κ1) is 30.5. The maximum Gasteiger partial charge on any atom is 0.323 e. The van der Waals surface area contributed by atoms with Crippen molar-refractivity contribution in [3.05, 3.63) is 72.7 Å². The minimum absolute atomic E-state index is 0.0239. The van der Waals surface area contributed by atoms with E-state index in [1.165, 1.54) is 29.3 Å². The number of halogens is 1. The smallest absolute Gasteiger partial charge is 0.323 e. The van der Waals surface area contributed by atoms with Gasteiger partial charge in [0.2, 0.25) is 11.8 Å². The molecule has 3 aliphatic rings. The number of hydrogen-bond donors (Lipinski definition) is 2.